The fraction of sp³-hybridized carbons (Fsp3) is 0.259. The van der Waals surface area contributed by atoms with E-state index in [1.807, 2.05) is 85.5 Å². The summed E-state index contributed by atoms with van der Waals surface area (Å²) in [6.07, 6.45) is 5.89. The molecule has 75 heavy (non-hydrogen) atoms. The molecule has 2 saturated heterocycles. The number of carbonyl (C=O) groups is 4. The molecule has 390 valence electrons. The molecular formula is C54H62N14O7. The first kappa shape index (κ1) is 53.6. The number of nitrogens with zero attached hydrogens (tertiary/aromatic N) is 8. The molecule has 21 heteroatoms. The third kappa shape index (κ3) is 14.5. The van der Waals surface area contributed by atoms with Crippen LogP contribution < -0.4 is 51.2 Å². The van der Waals surface area contributed by atoms with Gasteiger partial charge in [-0.15, -0.1) is 0 Å². The van der Waals surface area contributed by atoms with Crippen molar-refractivity contribution in [1.82, 2.24) is 29.7 Å². The van der Waals surface area contributed by atoms with E-state index in [2.05, 4.69) is 74.8 Å². The van der Waals surface area contributed by atoms with Crippen LogP contribution in [0.25, 0.3) is 0 Å². The molecule has 0 radical (unpaired) electrons. The van der Waals surface area contributed by atoms with Crippen molar-refractivity contribution in [1.29, 1.82) is 0 Å². The van der Waals surface area contributed by atoms with E-state index in [1.165, 1.54) is 12.2 Å². The molecule has 2 fully saturated rings. The average molecular weight is 1020 g/mol. The van der Waals surface area contributed by atoms with Crippen molar-refractivity contribution in [3.05, 3.63) is 134 Å². The Morgan fingerprint density at radius 1 is 0.587 bits per heavy atom. The molecule has 0 saturated carbocycles. The standard InChI is InChI=1S/C27H31N7O4.C27H31N7O3/c1-4-24(36)29-19-6-5-7-20(14-19)30-26-18(2)16-28-27(32-26)31-22-9-8-21(15-23(22)38-3)33-10-12-34(13-11-33)25(37)17-35;1-5-25(36)29-20-7-6-8-21(15-20)30-26-18(2)17-28-27(32-26)31-23-10-9-22(16-24(23)37-4)34-13-11-33(12-14-34)19(3)35/h4-9,14-16,35H,1,10-13,17H2,2-3H3,(H,29,36)(H2,28,30,31,32);5-10,15-17H,1,11-14H2,2-4H3,(H,29,36)(H2,28,30,31,32). The van der Waals surface area contributed by atoms with Gasteiger partial charge in [0.2, 0.25) is 35.5 Å². The lowest BCUT2D eigenvalue weighted by atomic mass is 10.2. The minimum absolute atomic E-state index is 0.107. The topological polar surface area (TPSA) is 244 Å². The maximum Gasteiger partial charge on any atom is 0.248 e. The summed E-state index contributed by atoms with van der Waals surface area (Å²) < 4.78 is 11.3. The highest BCUT2D eigenvalue weighted by molar-refractivity contribution is 6.00. The van der Waals surface area contributed by atoms with Crippen LogP contribution >= 0.6 is 0 Å². The van der Waals surface area contributed by atoms with Gasteiger partial charge in [0.05, 0.1) is 25.6 Å². The van der Waals surface area contributed by atoms with Crippen LogP contribution in [0.15, 0.2) is 123 Å². The SMILES string of the molecule is C=CC(=O)Nc1cccc(Nc2nc(Nc3ccc(N4CCN(C(=O)CO)CC4)cc3OC)ncc2C)c1.C=CC(=O)Nc1cccc(Nc2nc(Nc3ccc(N4CCN(C(C)=O)CC4)cc3OC)ncc2C)c1. The van der Waals surface area contributed by atoms with Crippen LogP contribution in [0.2, 0.25) is 0 Å². The molecule has 0 spiro atoms. The van der Waals surface area contributed by atoms with E-state index >= 15 is 0 Å². The lowest BCUT2D eigenvalue weighted by molar-refractivity contribution is -0.134. The van der Waals surface area contributed by atoms with Gasteiger partial charge in [-0.05, 0) is 86.7 Å². The summed E-state index contributed by atoms with van der Waals surface area (Å²) in [6, 6.07) is 26.4. The van der Waals surface area contributed by atoms with Crippen molar-refractivity contribution < 1.29 is 33.8 Å². The molecule has 0 atom stereocenters. The van der Waals surface area contributed by atoms with Crippen LogP contribution in [0.5, 0.6) is 11.5 Å². The van der Waals surface area contributed by atoms with Crippen LogP contribution in [0.3, 0.4) is 0 Å². The van der Waals surface area contributed by atoms with Crippen LogP contribution in [-0.2, 0) is 19.2 Å². The smallest absolute Gasteiger partial charge is 0.248 e. The molecule has 2 aromatic heterocycles. The fourth-order valence-corrected chi connectivity index (χ4v) is 8.06. The highest BCUT2D eigenvalue weighted by atomic mass is 16.5. The number of aromatic nitrogens is 4. The highest BCUT2D eigenvalue weighted by Crippen LogP contribution is 2.34. The number of aryl methyl sites for hydroxylation is 2. The van der Waals surface area contributed by atoms with E-state index in [0.717, 1.165) is 52.7 Å². The molecule has 4 amide bonds. The number of rotatable bonds is 17. The van der Waals surface area contributed by atoms with Crippen molar-refractivity contribution in [3.63, 3.8) is 0 Å². The van der Waals surface area contributed by atoms with Gasteiger partial charge in [-0.3, -0.25) is 19.2 Å². The molecule has 4 aromatic carbocycles. The number of aliphatic hydroxyl groups is 1. The van der Waals surface area contributed by atoms with Crippen molar-refractivity contribution in [2.24, 2.45) is 0 Å². The summed E-state index contributed by atoms with van der Waals surface area (Å²) in [5, 5.41) is 27.6. The normalized spacial score (nSPS) is 13.0. The zero-order chi connectivity index (χ0) is 53.4. The minimum Gasteiger partial charge on any atom is -0.494 e. The number of methoxy groups -OCH3 is 2. The predicted octanol–water partition coefficient (Wildman–Crippen LogP) is 7.12. The summed E-state index contributed by atoms with van der Waals surface area (Å²) in [7, 11) is 3.22. The van der Waals surface area contributed by atoms with Gasteiger partial charge in [-0.1, -0.05) is 25.3 Å². The lowest BCUT2D eigenvalue weighted by Crippen LogP contribution is -2.49. The Labute approximate surface area is 435 Å². The molecule has 2 aliphatic heterocycles. The minimum atomic E-state index is -0.465. The van der Waals surface area contributed by atoms with Gasteiger partial charge >= 0.3 is 0 Å². The van der Waals surface area contributed by atoms with E-state index < -0.39 is 6.61 Å². The number of hydrogen-bond donors (Lipinski definition) is 7. The summed E-state index contributed by atoms with van der Waals surface area (Å²) in [4.78, 5) is 72.6. The molecule has 4 heterocycles. The first-order valence-corrected chi connectivity index (χ1v) is 24.1. The van der Waals surface area contributed by atoms with E-state index in [4.69, 9.17) is 14.6 Å². The number of amides is 4. The van der Waals surface area contributed by atoms with Gasteiger partial charge in [-0.25, -0.2) is 9.97 Å². The maximum atomic E-state index is 11.7. The quantitative estimate of drug-likeness (QED) is 0.0450. The summed E-state index contributed by atoms with van der Waals surface area (Å²) in [6.45, 7) is 17.3. The van der Waals surface area contributed by atoms with Gasteiger partial charge in [0.1, 0.15) is 29.7 Å². The van der Waals surface area contributed by atoms with Crippen molar-refractivity contribution >= 4 is 92.7 Å². The zero-order valence-corrected chi connectivity index (χ0v) is 42.6. The number of carbonyl (C=O) groups excluding carboxylic acids is 4. The van der Waals surface area contributed by atoms with Crippen molar-refractivity contribution in [2.75, 3.05) is 115 Å². The average Bonchev–Trinajstić information content (AvgIpc) is 3.43. The monoisotopic (exact) mass is 1020 g/mol. The zero-order valence-electron chi connectivity index (χ0n) is 42.6. The molecule has 7 N–H and O–H groups in total. The van der Waals surface area contributed by atoms with Crippen molar-refractivity contribution in [2.45, 2.75) is 20.8 Å². The summed E-state index contributed by atoms with van der Waals surface area (Å²) in [5.74, 6) is 2.62. The summed E-state index contributed by atoms with van der Waals surface area (Å²) in [5.41, 5.74) is 7.94. The second kappa shape index (κ2) is 25.4. The first-order valence-electron chi connectivity index (χ1n) is 24.1. The number of ether oxygens (including phenoxy) is 2. The van der Waals surface area contributed by atoms with Crippen LogP contribution in [0, 0.1) is 13.8 Å². The third-order valence-electron chi connectivity index (χ3n) is 12.2. The third-order valence-corrected chi connectivity index (χ3v) is 12.2. The van der Waals surface area contributed by atoms with Gasteiger partial charge in [0.15, 0.2) is 0 Å². The summed E-state index contributed by atoms with van der Waals surface area (Å²) >= 11 is 0. The number of aliphatic hydroxyl groups excluding tert-OH is 1. The maximum absolute atomic E-state index is 11.7. The Kier molecular flexibility index (Phi) is 18.2. The molecule has 8 rings (SSSR count). The van der Waals surface area contributed by atoms with Gasteiger partial charge in [0.25, 0.3) is 0 Å². The molecule has 21 nitrogen and oxygen atoms in total. The molecular weight excluding hydrogens is 957 g/mol. The number of nitrogens with one attached hydrogen (secondary N) is 6. The first-order chi connectivity index (χ1) is 36.2. The Morgan fingerprint density at radius 2 is 1.00 bits per heavy atom. The predicted molar refractivity (Wildman–Crippen MR) is 294 cm³/mol. The van der Waals surface area contributed by atoms with Crippen molar-refractivity contribution in [3.8, 4) is 11.5 Å². The second-order valence-electron chi connectivity index (χ2n) is 17.3. The number of piperazine rings is 2. The Balaban J connectivity index is 0.000000219. The molecule has 0 unspecified atom stereocenters. The fourth-order valence-electron chi connectivity index (χ4n) is 8.06. The largest absolute Gasteiger partial charge is 0.494 e. The van der Waals surface area contributed by atoms with Gasteiger partial charge in [-0.2, -0.15) is 9.97 Å². The molecule has 2 aliphatic rings. The molecule has 6 aromatic rings. The van der Waals surface area contributed by atoms with Gasteiger partial charge in [0, 0.05) is 129 Å². The molecule has 0 bridgehead atoms. The number of hydrogen-bond acceptors (Lipinski definition) is 17. The highest BCUT2D eigenvalue weighted by Gasteiger charge is 2.23. The Hall–Kier alpha value is -9.24. The van der Waals surface area contributed by atoms with Crippen LogP contribution in [0.1, 0.15) is 18.1 Å². The lowest BCUT2D eigenvalue weighted by Gasteiger charge is -2.36. The van der Waals surface area contributed by atoms with E-state index in [0.29, 0.717) is 91.4 Å². The van der Waals surface area contributed by atoms with E-state index in [1.54, 1.807) is 56.6 Å². The van der Waals surface area contributed by atoms with Crippen LogP contribution in [0.4, 0.5) is 69.0 Å². The number of anilines is 12. The molecule has 0 aliphatic carbocycles. The van der Waals surface area contributed by atoms with E-state index in [9.17, 15) is 19.2 Å². The Bertz CT molecular complexity index is 3030. The van der Waals surface area contributed by atoms with Crippen LogP contribution in [-0.4, -0.2) is 132 Å². The second-order valence-corrected chi connectivity index (χ2v) is 17.3. The van der Waals surface area contributed by atoms with E-state index in [-0.39, 0.29) is 23.6 Å². The van der Waals surface area contributed by atoms with Gasteiger partial charge < -0.3 is 66.1 Å². The Morgan fingerprint density at radius 3 is 1.39 bits per heavy atom. The number of benzene rings is 4.